The van der Waals surface area contributed by atoms with Crippen molar-refractivity contribution in [1.82, 2.24) is 4.98 Å². The highest BCUT2D eigenvalue weighted by atomic mass is 19.1. The second-order valence-electron chi connectivity index (χ2n) is 7.32. The number of pyridine rings is 1. The first-order valence-corrected chi connectivity index (χ1v) is 10.3. The molecule has 0 saturated carbocycles. The van der Waals surface area contributed by atoms with Gasteiger partial charge in [-0.25, -0.2) is 9.38 Å². The Balaban J connectivity index is 1.91. The van der Waals surface area contributed by atoms with Gasteiger partial charge in [-0.15, -0.1) is 0 Å². The maximum atomic E-state index is 14.3. The minimum Gasteiger partial charge on any atom is -0.497 e. The smallest absolute Gasteiger partial charge is 0.261 e. The van der Waals surface area contributed by atoms with Crippen molar-refractivity contribution >= 4 is 28.3 Å². The summed E-state index contributed by atoms with van der Waals surface area (Å²) in [4.78, 5) is 21.9. The molecule has 4 aromatic rings. The van der Waals surface area contributed by atoms with Crippen molar-refractivity contribution in [1.29, 1.82) is 0 Å². The van der Waals surface area contributed by atoms with Crippen molar-refractivity contribution in [3.8, 4) is 11.5 Å². The minimum absolute atomic E-state index is 0.00519. The lowest BCUT2D eigenvalue weighted by Gasteiger charge is -2.13. The molecule has 0 unspecified atom stereocenters. The standard InChI is InChI=1S/C25H22FN3O5/c1-14-23-17(15(13-30)12-27-14)11-18(25(34-23)29-20-7-5-4-6-19(20)26)24(31)28-21-9-8-16(32-2)10-22(21)33-3/h4-12,30H,13H2,1-3H3,(H,28,31). The molecule has 2 aromatic heterocycles. The molecule has 0 bridgehead atoms. The quantitative estimate of drug-likeness (QED) is 0.442. The molecule has 0 atom stereocenters. The number of carbonyl (C=O) groups excluding carboxylic acids is 1. The van der Waals surface area contributed by atoms with E-state index in [0.717, 1.165) is 0 Å². The van der Waals surface area contributed by atoms with Gasteiger partial charge < -0.3 is 24.3 Å². The lowest BCUT2D eigenvalue weighted by molar-refractivity contribution is 0.102. The summed E-state index contributed by atoms with van der Waals surface area (Å²) in [7, 11) is 2.99. The Morgan fingerprint density at radius 2 is 1.97 bits per heavy atom. The van der Waals surface area contributed by atoms with Crippen molar-refractivity contribution in [2.45, 2.75) is 13.5 Å². The predicted octanol–water partition coefficient (Wildman–Crippen LogP) is 4.27. The fourth-order valence-corrected chi connectivity index (χ4v) is 3.40. The normalized spacial score (nSPS) is 11.5. The van der Waals surface area contributed by atoms with E-state index < -0.39 is 11.7 Å². The number of aliphatic hydroxyl groups excluding tert-OH is 1. The predicted molar refractivity (Wildman–Crippen MR) is 124 cm³/mol. The third-order valence-corrected chi connectivity index (χ3v) is 5.20. The lowest BCUT2D eigenvalue weighted by Crippen LogP contribution is -2.22. The van der Waals surface area contributed by atoms with Crippen molar-refractivity contribution < 1.29 is 28.2 Å². The van der Waals surface area contributed by atoms with E-state index in [-0.39, 0.29) is 23.4 Å². The van der Waals surface area contributed by atoms with Gasteiger partial charge in [0.15, 0.2) is 5.58 Å². The van der Waals surface area contributed by atoms with Crippen LogP contribution >= 0.6 is 0 Å². The Bertz CT molecular complexity index is 1450. The molecular formula is C25H22FN3O5. The van der Waals surface area contributed by atoms with Crippen LogP contribution in [0.25, 0.3) is 11.0 Å². The van der Waals surface area contributed by atoms with Crippen LogP contribution in [0.4, 0.5) is 15.8 Å². The second-order valence-corrected chi connectivity index (χ2v) is 7.32. The van der Waals surface area contributed by atoms with Crippen molar-refractivity contribution in [2.24, 2.45) is 4.99 Å². The summed E-state index contributed by atoms with van der Waals surface area (Å²) in [6.45, 7) is 1.41. The molecule has 0 aliphatic heterocycles. The van der Waals surface area contributed by atoms with Gasteiger partial charge >= 0.3 is 0 Å². The zero-order valence-electron chi connectivity index (χ0n) is 18.8. The van der Waals surface area contributed by atoms with Crippen molar-refractivity contribution in [3.05, 3.63) is 82.9 Å². The molecule has 9 heteroatoms. The molecule has 2 aromatic carbocycles. The maximum Gasteiger partial charge on any atom is 0.261 e. The molecule has 0 radical (unpaired) electrons. The number of aryl methyl sites for hydroxylation is 1. The molecule has 8 nitrogen and oxygen atoms in total. The molecule has 34 heavy (non-hydrogen) atoms. The maximum absolute atomic E-state index is 14.3. The van der Waals surface area contributed by atoms with E-state index in [1.807, 2.05) is 0 Å². The highest BCUT2D eigenvalue weighted by molar-refractivity contribution is 6.06. The first-order valence-electron chi connectivity index (χ1n) is 10.3. The van der Waals surface area contributed by atoms with Crippen LogP contribution in [0.3, 0.4) is 0 Å². The van der Waals surface area contributed by atoms with E-state index >= 15 is 0 Å². The van der Waals surface area contributed by atoms with Crippen molar-refractivity contribution in [2.75, 3.05) is 19.5 Å². The Kier molecular flexibility index (Phi) is 6.55. The van der Waals surface area contributed by atoms with Gasteiger partial charge in [0.2, 0.25) is 5.55 Å². The lowest BCUT2D eigenvalue weighted by atomic mass is 10.1. The number of benzene rings is 2. The Morgan fingerprint density at radius 3 is 2.68 bits per heavy atom. The van der Waals surface area contributed by atoms with Crippen LogP contribution in [0.2, 0.25) is 0 Å². The number of hydrogen-bond acceptors (Lipinski definition) is 7. The molecule has 2 N–H and O–H groups in total. The number of methoxy groups -OCH3 is 2. The minimum atomic E-state index is -0.570. The number of anilines is 1. The molecule has 0 aliphatic rings. The van der Waals surface area contributed by atoms with Gasteiger partial charge in [0.1, 0.15) is 28.6 Å². The average molecular weight is 463 g/mol. The van der Waals surface area contributed by atoms with E-state index in [1.165, 1.54) is 38.6 Å². The number of aromatic nitrogens is 1. The van der Waals surface area contributed by atoms with Crippen LogP contribution in [0, 0.1) is 12.7 Å². The molecule has 174 valence electrons. The number of aliphatic hydroxyl groups is 1. The first kappa shape index (κ1) is 22.9. The largest absolute Gasteiger partial charge is 0.497 e. The number of ether oxygens (including phenoxy) is 2. The number of halogens is 1. The number of nitrogens with zero attached hydrogens (tertiary/aromatic N) is 2. The summed E-state index contributed by atoms with van der Waals surface area (Å²) in [6.07, 6.45) is 1.51. The van der Waals surface area contributed by atoms with Gasteiger partial charge in [0.25, 0.3) is 5.91 Å². The number of hydrogen-bond donors (Lipinski definition) is 2. The van der Waals surface area contributed by atoms with Crippen LogP contribution in [-0.2, 0) is 6.61 Å². The monoisotopic (exact) mass is 463 g/mol. The number of fused-ring (bicyclic) bond motifs is 1. The number of para-hydroxylation sites is 1. The average Bonchev–Trinajstić information content (AvgIpc) is 2.85. The zero-order valence-corrected chi connectivity index (χ0v) is 18.8. The van der Waals surface area contributed by atoms with Crippen LogP contribution < -0.4 is 20.3 Å². The van der Waals surface area contributed by atoms with Gasteiger partial charge in [0, 0.05) is 23.2 Å². The summed E-state index contributed by atoms with van der Waals surface area (Å²) >= 11 is 0. The SMILES string of the molecule is COc1ccc(NC(=O)c2cc3c(CO)cnc(C)c3oc2=Nc2ccccc2F)c(OC)c1. The van der Waals surface area contributed by atoms with Crippen LogP contribution in [0.5, 0.6) is 11.5 Å². The van der Waals surface area contributed by atoms with Gasteiger partial charge in [0.05, 0.1) is 32.2 Å². The van der Waals surface area contributed by atoms with E-state index in [4.69, 9.17) is 13.9 Å². The van der Waals surface area contributed by atoms with Gasteiger partial charge in [-0.2, -0.15) is 0 Å². The summed E-state index contributed by atoms with van der Waals surface area (Å²) in [5, 5.41) is 13.0. The number of nitrogens with one attached hydrogen (secondary N) is 1. The van der Waals surface area contributed by atoms with Crippen LogP contribution in [0.1, 0.15) is 21.6 Å². The third kappa shape index (κ3) is 4.46. The molecular weight excluding hydrogens is 441 g/mol. The summed E-state index contributed by atoms with van der Waals surface area (Å²) in [5.41, 5.74) is 1.65. The van der Waals surface area contributed by atoms with Gasteiger partial charge in [-0.05, 0) is 37.3 Å². The Morgan fingerprint density at radius 1 is 1.18 bits per heavy atom. The summed E-state index contributed by atoms with van der Waals surface area (Å²) in [6, 6.07) is 12.4. The molecule has 0 spiro atoms. The molecule has 1 amide bonds. The number of carbonyl (C=O) groups is 1. The molecule has 0 aliphatic carbocycles. The van der Waals surface area contributed by atoms with Crippen molar-refractivity contribution in [3.63, 3.8) is 0 Å². The molecule has 2 heterocycles. The summed E-state index contributed by atoms with van der Waals surface area (Å²) < 4.78 is 30.8. The summed E-state index contributed by atoms with van der Waals surface area (Å²) in [5.74, 6) is -0.196. The fraction of sp³-hybridized carbons (Fsp3) is 0.160. The first-order chi connectivity index (χ1) is 16.4. The second kappa shape index (κ2) is 9.72. The van der Waals surface area contributed by atoms with Gasteiger partial charge in [-0.1, -0.05) is 12.1 Å². The fourth-order valence-electron chi connectivity index (χ4n) is 3.40. The third-order valence-electron chi connectivity index (χ3n) is 5.20. The number of amides is 1. The highest BCUT2D eigenvalue weighted by Gasteiger charge is 2.18. The number of rotatable bonds is 6. The molecule has 0 saturated heterocycles. The van der Waals surface area contributed by atoms with E-state index in [9.17, 15) is 14.3 Å². The van der Waals surface area contributed by atoms with Crippen LogP contribution in [0.15, 0.2) is 64.1 Å². The zero-order chi connectivity index (χ0) is 24.2. The Labute approximate surface area is 194 Å². The Hall–Kier alpha value is -4.24. The van der Waals surface area contributed by atoms with Gasteiger partial charge in [-0.3, -0.25) is 9.78 Å². The van der Waals surface area contributed by atoms with E-state index in [1.54, 1.807) is 37.3 Å². The van der Waals surface area contributed by atoms with Crippen LogP contribution in [-0.4, -0.2) is 30.2 Å². The molecule has 4 rings (SSSR count). The molecule has 0 fully saturated rings. The van der Waals surface area contributed by atoms with E-state index in [2.05, 4.69) is 15.3 Å². The topological polar surface area (TPSA) is 106 Å². The highest BCUT2D eigenvalue weighted by Crippen LogP contribution is 2.30. The van der Waals surface area contributed by atoms with E-state index in [0.29, 0.717) is 39.4 Å².